The summed E-state index contributed by atoms with van der Waals surface area (Å²) in [4.78, 5) is 0. The molecule has 4 fully saturated rings. The van der Waals surface area contributed by atoms with Crippen LogP contribution < -0.4 is 0 Å². The summed E-state index contributed by atoms with van der Waals surface area (Å²) in [7, 11) is 0. The zero-order valence-electron chi connectivity index (χ0n) is 18.6. The Labute approximate surface area is 173 Å². The van der Waals surface area contributed by atoms with Crippen molar-refractivity contribution in [3.63, 3.8) is 0 Å². The maximum atomic E-state index is 10.5. The van der Waals surface area contributed by atoms with Gasteiger partial charge in [0.25, 0.3) is 0 Å². The molecule has 4 aliphatic rings. The fourth-order valence-corrected chi connectivity index (χ4v) is 9.04. The topological polar surface area (TPSA) is 40.5 Å². The summed E-state index contributed by atoms with van der Waals surface area (Å²) in [6, 6.07) is 0. The van der Waals surface area contributed by atoms with Crippen LogP contribution in [0.15, 0.2) is 12.7 Å². The van der Waals surface area contributed by atoms with E-state index in [1.54, 1.807) is 0 Å². The van der Waals surface area contributed by atoms with Gasteiger partial charge in [-0.25, -0.2) is 0 Å². The molecule has 0 aromatic rings. The monoisotopic (exact) mass is 388 g/mol. The first-order valence-corrected chi connectivity index (χ1v) is 12.3. The summed E-state index contributed by atoms with van der Waals surface area (Å²) in [6.45, 7) is 11.5. The predicted octanol–water partition coefficient (Wildman–Crippen LogP) is 5.97. The molecule has 10 atom stereocenters. The number of rotatable bonds is 5. The number of fused-ring (bicyclic) bond motifs is 5. The standard InChI is InChI=1S/C26H44O2/c1-5-6-7-8-17(2)20-11-12-21-19-10-9-18-15-23(27)24(28)16-26(18,4)22(19)13-14-25(20,21)3/h5,17-24,27-28H,1,6-16H2,2-4H3/t17-,18+,19+,20-,21+,22+,23+,24+,25-,26+/m1/s1. The van der Waals surface area contributed by atoms with E-state index in [0.717, 1.165) is 48.9 Å². The van der Waals surface area contributed by atoms with Crippen molar-refractivity contribution in [1.82, 2.24) is 0 Å². The number of hydrogen-bond acceptors (Lipinski definition) is 2. The van der Waals surface area contributed by atoms with Gasteiger partial charge in [-0.3, -0.25) is 0 Å². The van der Waals surface area contributed by atoms with Crippen LogP contribution >= 0.6 is 0 Å². The third-order valence-corrected chi connectivity index (χ3v) is 10.5. The fraction of sp³-hybridized carbons (Fsp3) is 0.923. The molecule has 0 unspecified atom stereocenters. The van der Waals surface area contributed by atoms with Gasteiger partial charge < -0.3 is 10.2 Å². The maximum Gasteiger partial charge on any atom is 0.0804 e. The highest BCUT2D eigenvalue weighted by Gasteiger charge is 2.61. The molecule has 160 valence electrons. The molecule has 0 radical (unpaired) electrons. The van der Waals surface area contributed by atoms with Crippen LogP contribution in [0.25, 0.3) is 0 Å². The molecular weight excluding hydrogens is 344 g/mol. The van der Waals surface area contributed by atoms with Crippen molar-refractivity contribution in [3.05, 3.63) is 12.7 Å². The lowest BCUT2D eigenvalue weighted by Crippen LogP contribution is -2.56. The van der Waals surface area contributed by atoms with Crippen molar-refractivity contribution in [2.24, 2.45) is 46.3 Å². The second-order valence-electron chi connectivity index (χ2n) is 11.7. The molecule has 0 amide bonds. The van der Waals surface area contributed by atoms with Gasteiger partial charge in [-0.1, -0.05) is 33.3 Å². The van der Waals surface area contributed by atoms with Gasteiger partial charge in [0.15, 0.2) is 0 Å². The van der Waals surface area contributed by atoms with Crippen molar-refractivity contribution in [3.8, 4) is 0 Å². The Bertz CT molecular complexity index is 573. The Hall–Kier alpha value is -0.340. The Balaban J connectivity index is 1.51. The van der Waals surface area contributed by atoms with Gasteiger partial charge in [0.1, 0.15) is 0 Å². The molecule has 28 heavy (non-hydrogen) atoms. The second-order valence-corrected chi connectivity index (χ2v) is 11.7. The predicted molar refractivity (Wildman–Crippen MR) is 116 cm³/mol. The van der Waals surface area contributed by atoms with E-state index in [-0.39, 0.29) is 5.41 Å². The molecule has 4 saturated carbocycles. The van der Waals surface area contributed by atoms with Gasteiger partial charge in [0, 0.05) is 0 Å². The largest absolute Gasteiger partial charge is 0.390 e. The minimum absolute atomic E-state index is 0.247. The van der Waals surface area contributed by atoms with E-state index in [2.05, 4.69) is 33.4 Å². The smallest absolute Gasteiger partial charge is 0.0804 e. The van der Waals surface area contributed by atoms with Crippen LogP contribution in [0.5, 0.6) is 0 Å². The normalized spacial score (nSPS) is 51.7. The highest BCUT2D eigenvalue weighted by Crippen LogP contribution is 2.68. The Morgan fingerprint density at radius 2 is 1.75 bits per heavy atom. The van der Waals surface area contributed by atoms with Crippen LogP contribution in [0, 0.1) is 46.3 Å². The molecule has 4 aliphatic carbocycles. The quantitative estimate of drug-likeness (QED) is 0.450. The van der Waals surface area contributed by atoms with Crippen LogP contribution in [0.2, 0.25) is 0 Å². The third kappa shape index (κ3) is 3.22. The van der Waals surface area contributed by atoms with E-state index < -0.39 is 12.2 Å². The number of aliphatic hydroxyl groups is 2. The Kier molecular flexibility index (Phi) is 5.77. The fourth-order valence-electron chi connectivity index (χ4n) is 9.04. The molecule has 2 N–H and O–H groups in total. The molecule has 2 heteroatoms. The summed E-state index contributed by atoms with van der Waals surface area (Å²) in [5.41, 5.74) is 0.779. The van der Waals surface area contributed by atoms with E-state index in [1.165, 1.54) is 51.4 Å². The van der Waals surface area contributed by atoms with Crippen molar-refractivity contribution >= 4 is 0 Å². The zero-order valence-corrected chi connectivity index (χ0v) is 18.6. The molecule has 0 spiro atoms. The highest BCUT2D eigenvalue weighted by molar-refractivity contribution is 5.10. The summed E-state index contributed by atoms with van der Waals surface area (Å²) < 4.78 is 0. The summed E-state index contributed by atoms with van der Waals surface area (Å²) in [6.07, 6.45) is 14.8. The summed E-state index contributed by atoms with van der Waals surface area (Å²) >= 11 is 0. The van der Waals surface area contributed by atoms with Crippen LogP contribution in [0.4, 0.5) is 0 Å². The van der Waals surface area contributed by atoms with Crippen molar-refractivity contribution in [1.29, 1.82) is 0 Å². The van der Waals surface area contributed by atoms with Gasteiger partial charge in [-0.05, 0) is 111 Å². The number of hydrogen-bond donors (Lipinski definition) is 2. The average molecular weight is 389 g/mol. The first-order valence-electron chi connectivity index (χ1n) is 12.3. The van der Waals surface area contributed by atoms with Gasteiger partial charge in [0.2, 0.25) is 0 Å². The SMILES string of the molecule is C=CCCC[C@@H](C)[C@H]1CC[C@H]2[C@@H]3CC[C@H]4C[C@H](O)[C@@H](O)C[C@]4(C)[C@H]3CC[C@]12C. The van der Waals surface area contributed by atoms with Crippen molar-refractivity contribution in [2.45, 2.75) is 104 Å². The minimum Gasteiger partial charge on any atom is -0.390 e. The second kappa shape index (κ2) is 7.73. The van der Waals surface area contributed by atoms with Gasteiger partial charge in [-0.15, -0.1) is 6.58 Å². The lowest BCUT2D eigenvalue weighted by Gasteiger charge is -2.61. The van der Waals surface area contributed by atoms with Crippen molar-refractivity contribution < 1.29 is 10.2 Å². The molecule has 0 aromatic carbocycles. The number of aliphatic hydroxyl groups excluding tert-OH is 2. The van der Waals surface area contributed by atoms with E-state index in [4.69, 9.17) is 0 Å². The van der Waals surface area contributed by atoms with Gasteiger partial charge in [-0.2, -0.15) is 0 Å². The van der Waals surface area contributed by atoms with E-state index in [0.29, 0.717) is 11.3 Å². The molecule has 0 heterocycles. The average Bonchev–Trinajstić information content (AvgIpc) is 3.00. The molecule has 4 rings (SSSR count). The summed E-state index contributed by atoms with van der Waals surface area (Å²) in [5, 5.41) is 20.7. The minimum atomic E-state index is -0.505. The molecule has 0 saturated heterocycles. The molecule has 0 aromatic heterocycles. The molecule has 2 nitrogen and oxygen atoms in total. The van der Waals surface area contributed by atoms with E-state index in [9.17, 15) is 10.2 Å². The third-order valence-electron chi connectivity index (χ3n) is 10.5. The first-order chi connectivity index (χ1) is 13.3. The van der Waals surface area contributed by atoms with E-state index in [1.807, 2.05) is 0 Å². The first kappa shape index (κ1) is 20.9. The Morgan fingerprint density at radius 3 is 2.50 bits per heavy atom. The van der Waals surface area contributed by atoms with Crippen LogP contribution in [0.1, 0.15) is 91.4 Å². The molecule has 0 aliphatic heterocycles. The Morgan fingerprint density at radius 1 is 1.00 bits per heavy atom. The number of allylic oxidation sites excluding steroid dienone is 1. The summed E-state index contributed by atoms with van der Waals surface area (Å²) in [5.74, 6) is 4.86. The number of unbranched alkanes of at least 4 members (excludes halogenated alkanes) is 1. The zero-order chi connectivity index (χ0) is 20.1. The lowest BCUT2D eigenvalue weighted by atomic mass is 9.44. The van der Waals surface area contributed by atoms with Crippen LogP contribution in [0.3, 0.4) is 0 Å². The van der Waals surface area contributed by atoms with Crippen LogP contribution in [-0.4, -0.2) is 22.4 Å². The van der Waals surface area contributed by atoms with Crippen LogP contribution in [-0.2, 0) is 0 Å². The highest BCUT2D eigenvalue weighted by atomic mass is 16.3. The van der Waals surface area contributed by atoms with Gasteiger partial charge >= 0.3 is 0 Å². The molecule has 0 bridgehead atoms. The lowest BCUT2D eigenvalue weighted by molar-refractivity contribution is -0.160. The van der Waals surface area contributed by atoms with Crippen molar-refractivity contribution in [2.75, 3.05) is 0 Å². The van der Waals surface area contributed by atoms with E-state index >= 15 is 0 Å². The maximum absolute atomic E-state index is 10.5. The van der Waals surface area contributed by atoms with Gasteiger partial charge in [0.05, 0.1) is 12.2 Å². The molecular formula is C26H44O2.